The van der Waals surface area contributed by atoms with Crippen molar-refractivity contribution < 1.29 is 34.4 Å². The number of thiazole rings is 1. The number of hydrogen-bond acceptors (Lipinski definition) is 3. The Morgan fingerprint density at radius 1 is 1.67 bits per heavy atom. The van der Waals surface area contributed by atoms with Crippen LogP contribution in [0.1, 0.15) is 10.5 Å². The van der Waals surface area contributed by atoms with Gasteiger partial charge in [-0.1, -0.05) is 0 Å². The average molecular weight is 189 g/mol. The van der Waals surface area contributed by atoms with Gasteiger partial charge in [0.25, 0.3) is 0 Å². The first-order valence-electron chi connectivity index (χ1n) is 2.95. The fourth-order valence-corrected chi connectivity index (χ4v) is 1.59. The minimum Gasteiger partial charge on any atom is -0.662 e. The van der Waals surface area contributed by atoms with Crippen molar-refractivity contribution in [2.45, 2.75) is 0 Å². The third-order valence-corrected chi connectivity index (χ3v) is 2.15. The molecule has 0 atom stereocenters. The molecule has 1 N–H and O–H groups in total. The third-order valence-electron chi connectivity index (χ3n) is 1.38. The molecule has 1 amide bonds. The Morgan fingerprint density at radius 3 is 3.08 bits per heavy atom. The van der Waals surface area contributed by atoms with E-state index in [0.717, 1.165) is 4.96 Å². The maximum absolute atomic E-state index is 10.6. The Labute approximate surface area is 94.7 Å². The Kier molecular flexibility index (Phi) is 2.89. The van der Waals surface area contributed by atoms with Gasteiger partial charge in [-0.15, -0.1) is 11.3 Å². The van der Waals surface area contributed by atoms with Crippen LogP contribution >= 0.6 is 11.3 Å². The SMILES string of the molecule is [NH-]C(=O)c1cnc2sccn12.[Na+]. The molecule has 0 saturated carbocycles. The monoisotopic (exact) mass is 189 g/mol. The maximum Gasteiger partial charge on any atom is 1.00 e. The van der Waals surface area contributed by atoms with Crippen molar-refractivity contribution >= 4 is 22.2 Å². The van der Waals surface area contributed by atoms with Crippen molar-refractivity contribution in [2.24, 2.45) is 0 Å². The van der Waals surface area contributed by atoms with Gasteiger partial charge in [-0.2, -0.15) is 0 Å². The number of carbonyl (C=O) groups is 1. The van der Waals surface area contributed by atoms with Gasteiger partial charge < -0.3 is 10.5 Å². The van der Waals surface area contributed by atoms with Gasteiger partial charge in [-0.3, -0.25) is 4.40 Å². The molecule has 2 rings (SSSR count). The number of aromatic nitrogens is 2. The molecule has 0 spiro atoms. The minimum absolute atomic E-state index is 0. The van der Waals surface area contributed by atoms with E-state index in [1.54, 1.807) is 10.6 Å². The van der Waals surface area contributed by atoms with Crippen LogP contribution in [0.4, 0.5) is 0 Å². The van der Waals surface area contributed by atoms with E-state index in [1.807, 2.05) is 5.38 Å². The van der Waals surface area contributed by atoms with Gasteiger partial charge >= 0.3 is 29.6 Å². The topological polar surface area (TPSA) is 58.2 Å². The molecular formula is C6H4N3NaOS. The largest absolute Gasteiger partial charge is 1.00 e. The predicted octanol–water partition coefficient (Wildman–Crippen LogP) is -1.41. The standard InChI is InChI=1S/C6H5N3OS.Na/c7-5(10)4-3-8-6-9(4)1-2-11-6;/h1-3H,(H2,7,10);/q;+1/p-1. The Balaban J connectivity index is 0.000000720. The first kappa shape index (κ1) is 9.73. The van der Waals surface area contributed by atoms with E-state index < -0.39 is 5.91 Å². The summed E-state index contributed by atoms with van der Waals surface area (Å²) in [6.45, 7) is 0. The van der Waals surface area contributed by atoms with Crippen LogP contribution in [0.2, 0.25) is 0 Å². The molecule has 0 aliphatic rings. The molecule has 0 saturated heterocycles. The number of fused-ring (bicyclic) bond motifs is 1. The summed E-state index contributed by atoms with van der Waals surface area (Å²) in [5.74, 6) is -0.698. The number of carbonyl (C=O) groups excluding carboxylic acids is 1. The summed E-state index contributed by atoms with van der Waals surface area (Å²) in [5.41, 5.74) is 7.18. The summed E-state index contributed by atoms with van der Waals surface area (Å²) in [6, 6.07) is 0. The van der Waals surface area contributed by atoms with Gasteiger partial charge in [0.15, 0.2) is 4.96 Å². The molecule has 2 aromatic heterocycles. The molecule has 6 heteroatoms. The normalized spacial score (nSPS) is 9.67. The molecule has 0 unspecified atom stereocenters. The van der Waals surface area contributed by atoms with Crippen LogP contribution in [0.15, 0.2) is 17.8 Å². The van der Waals surface area contributed by atoms with Crippen molar-refractivity contribution in [1.82, 2.24) is 9.38 Å². The molecule has 0 bridgehead atoms. The Hall–Kier alpha value is -0.360. The van der Waals surface area contributed by atoms with E-state index in [4.69, 9.17) is 5.73 Å². The van der Waals surface area contributed by atoms with Crippen LogP contribution in [0, 0.1) is 0 Å². The maximum atomic E-state index is 10.6. The van der Waals surface area contributed by atoms with Gasteiger partial charge in [-0.05, 0) is 0 Å². The van der Waals surface area contributed by atoms with Gasteiger partial charge in [0.1, 0.15) is 0 Å². The van der Waals surface area contributed by atoms with Crippen molar-refractivity contribution in [3.8, 4) is 0 Å². The molecule has 56 valence electrons. The van der Waals surface area contributed by atoms with Crippen molar-refractivity contribution in [3.63, 3.8) is 0 Å². The summed E-state index contributed by atoms with van der Waals surface area (Å²) in [5, 5.41) is 1.83. The molecule has 0 aromatic carbocycles. The number of rotatable bonds is 1. The summed E-state index contributed by atoms with van der Waals surface area (Å²) in [6.07, 6.45) is 3.15. The summed E-state index contributed by atoms with van der Waals surface area (Å²) < 4.78 is 1.61. The smallest absolute Gasteiger partial charge is 0.662 e. The Morgan fingerprint density at radius 2 is 2.42 bits per heavy atom. The van der Waals surface area contributed by atoms with Gasteiger partial charge in [0.2, 0.25) is 0 Å². The predicted molar refractivity (Wildman–Crippen MR) is 41.7 cm³/mol. The molecule has 0 aliphatic carbocycles. The fourth-order valence-electron chi connectivity index (χ4n) is 0.895. The zero-order chi connectivity index (χ0) is 7.84. The van der Waals surface area contributed by atoms with Gasteiger partial charge in [0, 0.05) is 11.6 Å². The average Bonchev–Trinajstić information content (AvgIpc) is 2.41. The van der Waals surface area contributed by atoms with Crippen LogP contribution in [-0.2, 0) is 0 Å². The number of hydrogen-bond donors (Lipinski definition) is 0. The van der Waals surface area contributed by atoms with Crippen molar-refractivity contribution in [2.75, 3.05) is 0 Å². The van der Waals surface area contributed by atoms with Crippen LogP contribution in [0.3, 0.4) is 0 Å². The second kappa shape index (κ2) is 3.57. The van der Waals surface area contributed by atoms with E-state index in [2.05, 4.69) is 4.98 Å². The van der Waals surface area contributed by atoms with Crippen LogP contribution < -0.4 is 29.6 Å². The number of nitrogens with one attached hydrogen (secondary N) is 1. The second-order valence-corrected chi connectivity index (χ2v) is 2.90. The number of amides is 1. The molecule has 0 fully saturated rings. The van der Waals surface area contributed by atoms with E-state index in [1.165, 1.54) is 17.5 Å². The molecule has 0 aliphatic heterocycles. The molecule has 2 heterocycles. The minimum atomic E-state index is -0.698. The van der Waals surface area contributed by atoms with Crippen LogP contribution in [0.5, 0.6) is 0 Å². The molecular weight excluding hydrogens is 185 g/mol. The quantitative estimate of drug-likeness (QED) is 0.517. The zero-order valence-corrected chi connectivity index (χ0v) is 9.26. The van der Waals surface area contributed by atoms with E-state index in [-0.39, 0.29) is 29.6 Å². The molecule has 0 radical (unpaired) electrons. The molecule has 4 nitrogen and oxygen atoms in total. The zero-order valence-electron chi connectivity index (χ0n) is 6.44. The van der Waals surface area contributed by atoms with Crippen LogP contribution in [0.25, 0.3) is 10.7 Å². The van der Waals surface area contributed by atoms with E-state index in [0.29, 0.717) is 5.69 Å². The Bertz CT molecular complexity index is 408. The third kappa shape index (κ3) is 1.40. The van der Waals surface area contributed by atoms with Gasteiger partial charge in [0.05, 0.1) is 17.8 Å². The number of nitrogens with zero attached hydrogens (tertiary/aromatic N) is 2. The second-order valence-electron chi connectivity index (χ2n) is 2.03. The summed E-state index contributed by atoms with van der Waals surface area (Å²) >= 11 is 1.44. The van der Waals surface area contributed by atoms with E-state index in [9.17, 15) is 4.79 Å². The number of imidazole rings is 1. The summed E-state index contributed by atoms with van der Waals surface area (Å²) in [4.78, 5) is 15.3. The van der Waals surface area contributed by atoms with Gasteiger partial charge in [-0.25, -0.2) is 4.98 Å². The fraction of sp³-hybridized carbons (Fsp3) is 0. The van der Waals surface area contributed by atoms with Crippen molar-refractivity contribution in [1.29, 1.82) is 0 Å². The summed E-state index contributed by atoms with van der Waals surface area (Å²) in [7, 11) is 0. The molecule has 2 aromatic rings. The first-order chi connectivity index (χ1) is 5.29. The van der Waals surface area contributed by atoms with Crippen LogP contribution in [-0.4, -0.2) is 15.3 Å². The van der Waals surface area contributed by atoms with E-state index >= 15 is 0 Å². The van der Waals surface area contributed by atoms with Crippen molar-refractivity contribution in [3.05, 3.63) is 29.2 Å². The first-order valence-corrected chi connectivity index (χ1v) is 3.83. The molecule has 12 heavy (non-hydrogen) atoms.